The number of nitrogens with one attached hydrogen (secondary N) is 1. The maximum atomic E-state index is 5.26. The minimum Gasteiger partial charge on any atom is -0.493 e. The van der Waals surface area contributed by atoms with Crippen LogP contribution in [0.25, 0.3) is 0 Å². The van der Waals surface area contributed by atoms with Crippen molar-refractivity contribution in [2.24, 2.45) is 0 Å². The summed E-state index contributed by atoms with van der Waals surface area (Å²) in [6.07, 6.45) is 1.70. The van der Waals surface area contributed by atoms with Crippen LogP contribution < -0.4 is 14.8 Å². The number of pyridine rings is 1. The van der Waals surface area contributed by atoms with E-state index < -0.39 is 0 Å². The molecule has 1 N–H and O–H groups in total. The fourth-order valence-electron chi connectivity index (χ4n) is 1.31. The minimum absolute atomic E-state index is 0.606. The topological polar surface area (TPSA) is 43.4 Å². The Balaban J connectivity index is 2.73. The molecule has 1 rings (SSSR count). The molecule has 0 unspecified atom stereocenters. The number of nitrogens with zero attached hydrogens (tertiary/aromatic N) is 1. The van der Waals surface area contributed by atoms with Gasteiger partial charge in [0.25, 0.3) is 0 Å². The predicted octanol–water partition coefficient (Wildman–Crippen LogP) is 1.21. The van der Waals surface area contributed by atoms with Gasteiger partial charge < -0.3 is 14.8 Å². The highest BCUT2D eigenvalue weighted by atomic mass is 16.5. The van der Waals surface area contributed by atoms with Gasteiger partial charge in [0.1, 0.15) is 0 Å². The average Bonchev–Trinajstić information content (AvgIpc) is 2.34. The molecule has 0 aliphatic heterocycles. The van der Waals surface area contributed by atoms with E-state index in [0.29, 0.717) is 24.6 Å². The van der Waals surface area contributed by atoms with Crippen LogP contribution in [0.2, 0.25) is 0 Å². The molecule has 0 aliphatic rings. The molecule has 1 heterocycles. The summed E-state index contributed by atoms with van der Waals surface area (Å²) in [5.74, 6) is 7.10. The lowest BCUT2D eigenvalue weighted by Gasteiger charge is -2.11. The Labute approximate surface area is 96.0 Å². The molecular weight excluding hydrogens is 204 g/mol. The highest BCUT2D eigenvalue weighted by molar-refractivity contribution is 5.42. The van der Waals surface area contributed by atoms with Crippen molar-refractivity contribution in [1.82, 2.24) is 10.3 Å². The molecule has 0 fully saturated rings. The summed E-state index contributed by atoms with van der Waals surface area (Å²) in [5.41, 5.74) is 0.819. The molecule has 0 aromatic carbocycles. The van der Waals surface area contributed by atoms with Crippen LogP contribution in [0.4, 0.5) is 0 Å². The second kappa shape index (κ2) is 6.70. The van der Waals surface area contributed by atoms with E-state index in [4.69, 9.17) is 9.47 Å². The lowest BCUT2D eigenvalue weighted by molar-refractivity contribution is 0.348. The van der Waals surface area contributed by atoms with E-state index >= 15 is 0 Å². The van der Waals surface area contributed by atoms with Crippen LogP contribution in [0.15, 0.2) is 12.3 Å². The molecule has 0 atom stereocenters. The van der Waals surface area contributed by atoms with E-state index in [1.54, 1.807) is 26.5 Å². The summed E-state index contributed by atoms with van der Waals surface area (Å²) < 4.78 is 10.4. The largest absolute Gasteiger partial charge is 0.493 e. The van der Waals surface area contributed by atoms with Gasteiger partial charge in [-0.15, -0.1) is 5.92 Å². The first-order chi connectivity index (χ1) is 7.83. The zero-order valence-electron chi connectivity index (χ0n) is 9.83. The Morgan fingerprint density at radius 1 is 1.38 bits per heavy atom. The molecular formula is C12H16N2O2. The summed E-state index contributed by atoms with van der Waals surface area (Å²) >= 11 is 0. The summed E-state index contributed by atoms with van der Waals surface area (Å²) in [7, 11) is 3.21. The van der Waals surface area contributed by atoms with E-state index in [1.807, 2.05) is 6.92 Å². The average molecular weight is 220 g/mol. The Kier molecular flexibility index (Phi) is 5.17. The molecule has 0 bridgehead atoms. The molecule has 0 saturated heterocycles. The smallest absolute Gasteiger partial charge is 0.183 e. The molecule has 4 nitrogen and oxygen atoms in total. The third-order valence-electron chi connectivity index (χ3n) is 2.05. The molecule has 0 radical (unpaired) electrons. The second-order valence-electron chi connectivity index (χ2n) is 3.02. The van der Waals surface area contributed by atoms with Crippen molar-refractivity contribution in [1.29, 1.82) is 0 Å². The third-order valence-corrected chi connectivity index (χ3v) is 2.05. The predicted molar refractivity (Wildman–Crippen MR) is 62.5 cm³/mol. The van der Waals surface area contributed by atoms with Crippen LogP contribution in [-0.4, -0.2) is 25.7 Å². The number of rotatable bonds is 5. The molecule has 16 heavy (non-hydrogen) atoms. The van der Waals surface area contributed by atoms with Crippen LogP contribution in [0, 0.1) is 11.8 Å². The monoisotopic (exact) mass is 220 g/mol. The summed E-state index contributed by atoms with van der Waals surface area (Å²) in [5, 5.41) is 3.16. The van der Waals surface area contributed by atoms with Crippen LogP contribution in [0.3, 0.4) is 0 Å². The fourth-order valence-corrected chi connectivity index (χ4v) is 1.31. The van der Waals surface area contributed by atoms with Crippen molar-refractivity contribution in [3.8, 4) is 23.3 Å². The molecule has 1 aromatic rings. The van der Waals surface area contributed by atoms with Gasteiger partial charge in [0, 0.05) is 18.8 Å². The number of methoxy groups -OCH3 is 2. The highest BCUT2D eigenvalue weighted by Gasteiger charge is 2.09. The van der Waals surface area contributed by atoms with E-state index in [2.05, 4.69) is 22.1 Å². The molecule has 0 amide bonds. The van der Waals surface area contributed by atoms with Gasteiger partial charge in [0.15, 0.2) is 11.5 Å². The first kappa shape index (κ1) is 12.3. The van der Waals surface area contributed by atoms with Crippen molar-refractivity contribution >= 4 is 0 Å². The van der Waals surface area contributed by atoms with Gasteiger partial charge in [0.05, 0.1) is 26.5 Å². The molecule has 0 saturated carbocycles. The van der Waals surface area contributed by atoms with Gasteiger partial charge in [-0.1, -0.05) is 5.92 Å². The Bertz CT molecular complexity index is 394. The van der Waals surface area contributed by atoms with Gasteiger partial charge in [-0.3, -0.25) is 4.98 Å². The van der Waals surface area contributed by atoms with Crippen LogP contribution in [0.5, 0.6) is 11.5 Å². The maximum absolute atomic E-state index is 5.26. The van der Waals surface area contributed by atoms with E-state index in [1.165, 1.54) is 0 Å². The number of aromatic nitrogens is 1. The molecule has 0 spiro atoms. The number of ether oxygens (including phenoxy) is 2. The summed E-state index contributed by atoms with van der Waals surface area (Å²) in [6.45, 7) is 3.06. The fraction of sp³-hybridized carbons (Fsp3) is 0.417. The lowest BCUT2D eigenvalue weighted by atomic mass is 10.3. The minimum atomic E-state index is 0.606. The van der Waals surface area contributed by atoms with Crippen molar-refractivity contribution in [2.75, 3.05) is 20.8 Å². The van der Waals surface area contributed by atoms with Crippen molar-refractivity contribution in [3.63, 3.8) is 0 Å². The third kappa shape index (κ3) is 3.14. The summed E-state index contributed by atoms with van der Waals surface area (Å²) in [6, 6.07) is 1.77. The van der Waals surface area contributed by atoms with Gasteiger partial charge in [-0.05, 0) is 6.92 Å². The standard InChI is InChI=1S/C12H16N2O2/c1-4-5-7-13-9-10-12(16-3)11(15-2)6-8-14-10/h6,8,13H,7,9H2,1-3H3. The highest BCUT2D eigenvalue weighted by Crippen LogP contribution is 2.28. The zero-order chi connectivity index (χ0) is 11.8. The van der Waals surface area contributed by atoms with Crippen molar-refractivity contribution in [2.45, 2.75) is 13.5 Å². The quantitative estimate of drug-likeness (QED) is 0.598. The van der Waals surface area contributed by atoms with Gasteiger partial charge >= 0.3 is 0 Å². The summed E-state index contributed by atoms with van der Waals surface area (Å²) in [4.78, 5) is 4.24. The normalized spacial score (nSPS) is 9.19. The van der Waals surface area contributed by atoms with Gasteiger partial charge in [-0.25, -0.2) is 0 Å². The van der Waals surface area contributed by atoms with Gasteiger partial charge in [-0.2, -0.15) is 0 Å². The van der Waals surface area contributed by atoms with Crippen LogP contribution in [0.1, 0.15) is 12.6 Å². The van der Waals surface area contributed by atoms with Gasteiger partial charge in [0.2, 0.25) is 0 Å². The van der Waals surface area contributed by atoms with Crippen molar-refractivity contribution < 1.29 is 9.47 Å². The van der Waals surface area contributed by atoms with E-state index in [9.17, 15) is 0 Å². The Morgan fingerprint density at radius 2 is 2.19 bits per heavy atom. The van der Waals surface area contributed by atoms with E-state index in [-0.39, 0.29) is 0 Å². The van der Waals surface area contributed by atoms with E-state index in [0.717, 1.165) is 5.69 Å². The van der Waals surface area contributed by atoms with Crippen LogP contribution >= 0.6 is 0 Å². The zero-order valence-corrected chi connectivity index (χ0v) is 9.83. The number of hydrogen-bond acceptors (Lipinski definition) is 4. The first-order valence-corrected chi connectivity index (χ1v) is 4.99. The molecule has 0 aliphatic carbocycles. The van der Waals surface area contributed by atoms with Crippen LogP contribution in [-0.2, 0) is 6.54 Å². The Morgan fingerprint density at radius 3 is 2.81 bits per heavy atom. The Hall–Kier alpha value is -1.73. The second-order valence-corrected chi connectivity index (χ2v) is 3.02. The molecule has 86 valence electrons. The maximum Gasteiger partial charge on any atom is 0.183 e. The molecule has 4 heteroatoms. The SMILES string of the molecule is CC#CCNCc1nccc(OC)c1OC. The first-order valence-electron chi connectivity index (χ1n) is 4.99. The molecule has 1 aromatic heterocycles. The lowest BCUT2D eigenvalue weighted by Crippen LogP contribution is -2.15. The number of hydrogen-bond donors (Lipinski definition) is 1. The van der Waals surface area contributed by atoms with Crippen molar-refractivity contribution in [3.05, 3.63) is 18.0 Å².